The molecule has 1 unspecified atom stereocenters. The van der Waals surface area contributed by atoms with E-state index in [0.717, 1.165) is 5.56 Å². The summed E-state index contributed by atoms with van der Waals surface area (Å²) in [5.41, 5.74) is 1.64. The Morgan fingerprint density at radius 2 is 1.77 bits per heavy atom. The molecule has 0 bridgehead atoms. The van der Waals surface area contributed by atoms with Crippen LogP contribution in [0.25, 0.3) is 0 Å². The summed E-state index contributed by atoms with van der Waals surface area (Å²) in [6.07, 6.45) is -2.69. The number of alkyl halides is 3. The summed E-state index contributed by atoms with van der Waals surface area (Å²) in [7, 11) is 0. The predicted octanol–water partition coefficient (Wildman–Crippen LogP) is 3.75. The largest absolute Gasteiger partial charge is 0.490 e. The Balaban J connectivity index is 0.000000423. The van der Waals surface area contributed by atoms with Crippen molar-refractivity contribution in [1.29, 1.82) is 0 Å². The molecule has 0 radical (unpaired) electrons. The lowest BCUT2D eigenvalue weighted by Crippen LogP contribution is -2.40. The first-order valence-corrected chi connectivity index (χ1v) is 9.45. The second kappa shape index (κ2) is 10.3. The van der Waals surface area contributed by atoms with Crippen LogP contribution >= 0.6 is 0 Å². The first kappa shape index (κ1) is 24.3. The highest BCUT2D eigenvalue weighted by atomic mass is 19.4. The molecule has 1 aliphatic heterocycles. The zero-order valence-electron chi connectivity index (χ0n) is 16.6. The lowest BCUT2D eigenvalue weighted by Gasteiger charge is -2.34. The summed E-state index contributed by atoms with van der Waals surface area (Å²) in [6, 6.07) is 10.1. The van der Waals surface area contributed by atoms with Crippen molar-refractivity contribution in [2.24, 2.45) is 5.92 Å². The predicted molar refractivity (Wildman–Crippen MR) is 103 cm³/mol. The lowest BCUT2D eigenvalue weighted by atomic mass is 9.89. The SMILES string of the molecule is Cc1ccc(F)c(C(=O)N2CCC(C(O)c3ccccn3)CC2)c1.O=C(O)C(F)(F)F. The molecule has 31 heavy (non-hydrogen) atoms. The van der Waals surface area contributed by atoms with Gasteiger partial charge in [-0.25, -0.2) is 9.18 Å². The van der Waals surface area contributed by atoms with Gasteiger partial charge in [0.05, 0.1) is 17.4 Å². The maximum atomic E-state index is 13.9. The van der Waals surface area contributed by atoms with Crippen molar-refractivity contribution in [3.63, 3.8) is 0 Å². The van der Waals surface area contributed by atoms with Gasteiger partial charge in [0, 0.05) is 19.3 Å². The number of piperidine rings is 1. The van der Waals surface area contributed by atoms with E-state index < -0.39 is 24.1 Å². The highest BCUT2D eigenvalue weighted by Crippen LogP contribution is 2.30. The number of rotatable bonds is 3. The van der Waals surface area contributed by atoms with E-state index in [0.29, 0.717) is 31.6 Å². The molecular formula is C21H22F4N2O4. The number of hydrogen-bond acceptors (Lipinski definition) is 4. The first-order chi connectivity index (χ1) is 14.5. The molecule has 168 valence electrons. The van der Waals surface area contributed by atoms with Gasteiger partial charge in [-0.1, -0.05) is 17.7 Å². The van der Waals surface area contributed by atoms with Crippen LogP contribution < -0.4 is 0 Å². The van der Waals surface area contributed by atoms with Gasteiger partial charge in [0.1, 0.15) is 5.82 Å². The van der Waals surface area contributed by atoms with Crippen molar-refractivity contribution in [2.45, 2.75) is 32.0 Å². The number of carboxylic acid groups (broad SMARTS) is 1. The Labute approximate surface area is 176 Å². The molecule has 2 heterocycles. The van der Waals surface area contributed by atoms with Crippen molar-refractivity contribution in [3.05, 3.63) is 65.2 Å². The number of aliphatic hydroxyl groups is 1. The van der Waals surface area contributed by atoms with Gasteiger partial charge in [0.2, 0.25) is 0 Å². The molecule has 1 aromatic carbocycles. The topological polar surface area (TPSA) is 90.7 Å². The number of hydrogen-bond donors (Lipinski definition) is 2. The van der Waals surface area contributed by atoms with Crippen molar-refractivity contribution < 1.29 is 37.4 Å². The molecule has 6 nitrogen and oxygen atoms in total. The summed E-state index contributed by atoms with van der Waals surface area (Å²) in [5.74, 6) is -3.46. The second-order valence-corrected chi connectivity index (χ2v) is 7.12. The van der Waals surface area contributed by atoms with Crippen LogP contribution in [0.15, 0.2) is 42.6 Å². The molecule has 2 aromatic rings. The van der Waals surface area contributed by atoms with Crippen molar-refractivity contribution in [1.82, 2.24) is 9.88 Å². The molecule has 0 saturated carbocycles. The molecule has 2 N–H and O–H groups in total. The highest BCUT2D eigenvalue weighted by Gasteiger charge is 2.38. The normalized spacial score (nSPS) is 15.6. The average Bonchev–Trinajstić information content (AvgIpc) is 2.75. The van der Waals surface area contributed by atoms with Gasteiger partial charge in [0.25, 0.3) is 5.91 Å². The molecule has 1 aliphatic rings. The van der Waals surface area contributed by atoms with Crippen molar-refractivity contribution >= 4 is 11.9 Å². The van der Waals surface area contributed by atoms with Crippen molar-refractivity contribution in [3.8, 4) is 0 Å². The number of aliphatic hydroxyl groups excluding tert-OH is 1. The van der Waals surface area contributed by atoms with Crippen LogP contribution in [0.3, 0.4) is 0 Å². The number of halogens is 4. The fourth-order valence-corrected chi connectivity index (χ4v) is 3.18. The minimum absolute atomic E-state index is 0.0614. The Kier molecular flexibility index (Phi) is 8.09. The third-order valence-electron chi connectivity index (χ3n) is 4.86. The number of aromatic nitrogens is 1. The van der Waals surface area contributed by atoms with Gasteiger partial charge in [-0.05, 0) is 49.9 Å². The third kappa shape index (κ3) is 6.74. The van der Waals surface area contributed by atoms with E-state index in [-0.39, 0.29) is 17.4 Å². The van der Waals surface area contributed by atoms with Gasteiger partial charge < -0.3 is 15.1 Å². The lowest BCUT2D eigenvalue weighted by molar-refractivity contribution is -0.192. The molecule has 3 rings (SSSR count). The number of carbonyl (C=O) groups is 2. The van der Waals surface area contributed by atoms with Crippen LogP contribution in [0.4, 0.5) is 17.6 Å². The zero-order valence-corrected chi connectivity index (χ0v) is 16.6. The van der Waals surface area contributed by atoms with E-state index in [1.54, 1.807) is 23.2 Å². The van der Waals surface area contributed by atoms with Crippen LogP contribution in [0.5, 0.6) is 0 Å². The summed E-state index contributed by atoms with van der Waals surface area (Å²) in [6.45, 7) is 2.87. The Bertz CT molecular complexity index is 898. The third-order valence-corrected chi connectivity index (χ3v) is 4.86. The van der Waals surface area contributed by atoms with Gasteiger partial charge in [-0.3, -0.25) is 9.78 Å². The number of carbonyl (C=O) groups excluding carboxylic acids is 1. The Morgan fingerprint density at radius 1 is 1.16 bits per heavy atom. The molecule has 1 atom stereocenters. The van der Waals surface area contributed by atoms with Crippen LogP contribution in [-0.4, -0.2) is 51.2 Å². The number of pyridine rings is 1. The van der Waals surface area contributed by atoms with E-state index >= 15 is 0 Å². The molecule has 0 spiro atoms. The van der Waals surface area contributed by atoms with Crippen LogP contribution in [0.2, 0.25) is 0 Å². The van der Waals surface area contributed by atoms with Crippen LogP contribution in [0.1, 0.15) is 40.6 Å². The summed E-state index contributed by atoms with van der Waals surface area (Å²) in [5, 5.41) is 17.6. The van der Waals surface area contributed by atoms with E-state index in [9.17, 15) is 27.5 Å². The van der Waals surface area contributed by atoms with Gasteiger partial charge in [0.15, 0.2) is 0 Å². The quantitative estimate of drug-likeness (QED) is 0.707. The number of aliphatic carboxylic acids is 1. The van der Waals surface area contributed by atoms with Crippen molar-refractivity contribution in [2.75, 3.05) is 13.1 Å². The molecule has 1 saturated heterocycles. The Hall–Kier alpha value is -3.01. The number of benzene rings is 1. The van der Waals surface area contributed by atoms with Crippen LogP contribution in [0, 0.1) is 18.7 Å². The number of carboxylic acids is 1. The fourth-order valence-electron chi connectivity index (χ4n) is 3.18. The zero-order chi connectivity index (χ0) is 23.2. The summed E-state index contributed by atoms with van der Waals surface area (Å²) in [4.78, 5) is 27.3. The summed E-state index contributed by atoms with van der Waals surface area (Å²) >= 11 is 0. The van der Waals surface area contributed by atoms with E-state index in [1.165, 1.54) is 6.07 Å². The first-order valence-electron chi connectivity index (χ1n) is 9.45. The van der Waals surface area contributed by atoms with Crippen LogP contribution in [-0.2, 0) is 4.79 Å². The average molecular weight is 442 g/mol. The molecule has 0 aliphatic carbocycles. The maximum Gasteiger partial charge on any atom is 0.490 e. The smallest absolute Gasteiger partial charge is 0.475 e. The maximum absolute atomic E-state index is 13.9. The van der Waals surface area contributed by atoms with Gasteiger partial charge in [-0.2, -0.15) is 13.2 Å². The fraction of sp³-hybridized carbons (Fsp3) is 0.381. The monoisotopic (exact) mass is 442 g/mol. The second-order valence-electron chi connectivity index (χ2n) is 7.12. The standard InChI is InChI=1S/C19H21FN2O2.C2HF3O2/c1-13-5-6-16(20)15(12-13)19(24)22-10-7-14(8-11-22)18(23)17-4-2-3-9-21-17;3-2(4,5)1(6)7/h2-6,9,12,14,18,23H,7-8,10-11H2,1H3;(H,6,7). The minimum atomic E-state index is -5.08. The molecular weight excluding hydrogens is 420 g/mol. The molecule has 1 amide bonds. The Morgan fingerprint density at radius 3 is 2.29 bits per heavy atom. The number of likely N-dealkylation sites (tertiary alicyclic amines) is 1. The molecule has 1 fully saturated rings. The number of amides is 1. The molecule has 1 aromatic heterocycles. The van der Waals surface area contributed by atoms with Gasteiger partial charge >= 0.3 is 12.1 Å². The number of aryl methyl sites for hydroxylation is 1. The van der Waals surface area contributed by atoms with Gasteiger partial charge in [-0.15, -0.1) is 0 Å². The summed E-state index contributed by atoms with van der Waals surface area (Å²) < 4.78 is 45.6. The minimum Gasteiger partial charge on any atom is -0.475 e. The van der Waals surface area contributed by atoms with E-state index in [1.807, 2.05) is 25.1 Å². The van der Waals surface area contributed by atoms with E-state index in [2.05, 4.69) is 4.98 Å². The highest BCUT2D eigenvalue weighted by molar-refractivity contribution is 5.94. The van der Waals surface area contributed by atoms with E-state index in [4.69, 9.17) is 9.90 Å². The molecule has 10 heteroatoms. The number of nitrogens with zero attached hydrogens (tertiary/aromatic N) is 2.